The third-order valence-corrected chi connectivity index (χ3v) is 4.56. The molecule has 2 atom stereocenters. The highest BCUT2D eigenvalue weighted by molar-refractivity contribution is 6.31. The molecule has 1 saturated heterocycles. The number of urea groups is 1. The van der Waals surface area contributed by atoms with E-state index in [4.69, 9.17) is 11.6 Å². The molecule has 116 valence electrons. The van der Waals surface area contributed by atoms with Crippen LogP contribution in [0.1, 0.15) is 38.3 Å². The molecule has 0 bridgehead atoms. The van der Waals surface area contributed by atoms with Crippen LogP contribution in [0.5, 0.6) is 0 Å². The molecule has 4 nitrogen and oxygen atoms in total. The van der Waals surface area contributed by atoms with Crippen LogP contribution in [-0.2, 0) is 0 Å². The lowest BCUT2D eigenvalue weighted by Gasteiger charge is -2.34. The Morgan fingerprint density at radius 3 is 2.52 bits per heavy atom. The standard InChI is InChI=1S/C16H23ClN2O2/c1-11(14-5-3-4-6-15(14)17)18-16(21)19-9-7-13(8-10-19)12(2)20/h3-6,11-13,20H,7-10H2,1-2H3,(H,18,21). The molecule has 2 rings (SSSR count). The van der Waals surface area contributed by atoms with Gasteiger partial charge in [0.2, 0.25) is 0 Å². The van der Waals surface area contributed by atoms with Gasteiger partial charge in [0.25, 0.3) is 0 Å². The van der Waals surface area contributed by atoms with Crippen LogP contribution in [0.4, 0.5) is 4.79 Å². The van der Waals surface area contributed by atoms with E-state index < -0.39 is 0 Å². The van der Waals surface area contributed by atoms with Crippen molar-refractivity contribution in [1.82, 2.24) is 10.2 Å². The van der Waals surface area contributed by atoms with E-state index in [9.17, 15) is 9.90 Å². The summed E-state index contributed by atoms with van der Waals surface area (Å²) in [6.45, 7) is 5.13. The second kappa shape index (κ2) is 7.14. The van der Waals surface area contributed by atoms with Gasteiger partial charge in [-0.1, -0.05) is 29.8 Å². The minimum absolute atomic E-state index is 0.0635. The zero-order valence-electron chi connectivity index (χ0n) is 12.6. The van der Waals surface area contributed by atoms with Gasteiger partial charge in [-0.15, -0.1) is 0 Å². The second-order valence-corrected chi connectivity index (χ2v) is 6.16. The van der Waals surface area contributed by atoms with Crippen molar-refractivity contribution in [1.29, 1.82) is 0 Å². The van der Waals surface area contributed by atoms with Crippen molar-refractivity contribution in [3.05, 3.63) is 34.9 Å². The second-order valence-electron chi connectivity index (χ2n) is 5.76. The van der Waals surface area contributed by atoms with Crippen molar-refractivity contribution in [3.8, 4) is 0 Å². The third kappa shape index (κ3) is 4.11. The molecule has 1 aromatic carbocycles. The predicted molar refractivity (Wildman–Crippen MR) is 84.4 cm³/mol. The summed E-state index contributed by atoms with van der Waals surface area (Å²) in [5.41, 5.74) is 0.923. The third-order valence-electron chi connectivity index (χ3n) is 4.22. The Labute approximate surface area is 131 Å². The smallest absolute Gasteiger partial charge is 0.317 e. The number of aliphatic hydroxyl groups excluding tert-OH is 1. The normalized spacial score (nSPS) is 19.1. The zero-order chi connectivity index (χ0) is 15.4. The van der Waals surface area contributed by atoms with Crippen molar-refractivity contribution < 1.29 is 9.90 Å². The summed E-state index contributed by atoms with van der Waals surface area (Å²) in [5.74, 6) is 0.301. The predicted octanol–water partition coefficient (Wildman–Crippen LogP) is 3.20. The lowest BCUT2D eigenvalue weighted by Crippen LogP contribution is -2.46. The number of hydrogen-bond donors (Lipinski definition) is 2. The number of hydrogen-bond acceptors (Lipinski definition) is 2. The molecule has 1 aromatic rings. The Hall–Kier alpha value is -1.26. The average Bonchev–Trinajstić information content (AvgIpc) is 2.47. The first-order valence-electron chi connectivity index (χ1n) is 7.47. The number of carbonyl (C=O) groups is 1. The molecular formula is C16H23ClN2O2. The van der Waals surface area contributed by atoms with E-state index in [1.807, 2.05) is 43.0 Å². The highest BCUT2D eigenvalue weighted by Crippen LogP contribution is 2.24. The largest absolute Gasteiger partial charge is 0.393 e. The summed E-state index contributed by atoms with van der Waals surface area (Å²) >= 11 is 6.15. The van der Waals surface area contributed by atoms with E-state index in [0.717, 1.165) is 18.4 Å². The molecule has 1 fully saturated rings. The Morgan fingerprint density at radius 1 is 1.33 bits per heavy atom. The van der Waals surface area contributed by atoms with E-state index in [2.05, 4.69) is 5.32 Å². The summed E-state index contributed by atoms with van der Waals surface area (Å²) in [4.78, 5) is 14.1. The van der Waals surface area contributed by atoms with Gasteiger partial charge in [0.1, 0.15) is 0 Å². The number of benzene rings is 1. The number of likely N-dealkylation sites (tertiary alicyclic amines) is 1. The average molecular weight is 311 g/mol. The SMILES string of the molecule is CC(NC(=O)N1CCC(C(C)O)CC1)c1ccccc1Cl. The molecule has 0 saturated carbocycles. The van der Waals surface area contributed by atoms with E-state index in [0.29, 0.717) is 24.0 Å². The molecule has 1 aliphatic heterocycles. The van der Waals surface area contributed by atoms with Crippen LogP contribution in [-0.4, -0.2) is 35.2 Å². The van der Waals surface area contributed by atoms with Gasteiger partial charge in [0, 0.05) is 18.1 Å². The molecule has 21 heavy (non-hydrogen) atoms. The summed E-state index contributed by atoms with van der Waals surface area (Å²) < 4.78 is 0. The maximum Gasteiger partial charge on any atom is 0.317 e. The molecular weight excluding hydrogens is 288 g/mol. The summed E-state index contributed by atoms with van der Waals surface area (Å²) in [6.07, 6.45) is 1.41. The number of aliphatic hydroxyl groups is 1. The van der Waals surface area contributed by atoms with E-state index in [1.54, 1.807) is 0 Å². The maximum absolute atomic E-state index is 12.3. The molecule has 1 aliphatic rings. The van der Waals surface area contributed by atoms with Crippen LogP contribution in [0, 0.1) is 5.92 Å². The van der Waals surface area contributed by atoms with Gasteiger partial charge >= 0.3 is 6.03 Å². The van der Waals surface area contributed by atoms with Gasteiger partial charge in [-0.3, -0.25) is 0 Å². The fraction of sp³-hybridized carbons (Fsp3) is 0.562. The fourth-order valence-corrected chi connectivity index (χ4v) is 3.06. The first-order chi connectivity index (χ1) is 9.99. The minimum Gasteiger partial charge on any atom is -0.393 e. The van der Waals surface area contributed by atoms with E-state index >= 15 is 0 Å². The van der Waals surface area contributed by atoms with Crippen molar-refractivity contribution in [2.24, 2.45) is 5.92 Å². The van der Waals surface area contributed by atoms with Crippen LogP contribution in [0.15, 0.2) is 24.3 Å². The number of rotatable bonds is 3. The monoisotopic (exact) mass is 310 g/mol. The molecule has 0 aromatic heterocycles. The van der Waals surface area contributed by atoms with E-state index in [1.165, 1.54) is 0 Å². The van der Waals surface area contributed by atoms with Crippen molar-refractivity contribution in [3.63, 3.8) is 0 Å². The summed E-state index contributed by atoms with van der Waals surface area (Å²) in [7, 11) is 0. The first kappa shape index (κ1) is 16.1. The quantitative estimate of drug-likeness (QED) is 0.900. The number of carbonyl (C=O) groups excluding carboxylic acids is 1. The van der Waals surface area contributed by atoms with Crippen LogP contribution < -0.4 is 5.32 Å². The lowest BCUT2D eigenvalue weighted by atomic mass is 9.92. The van der Waals surface area contributed by atoms with Gasteiger partial charge in [0.05, 0.1) is 12.1 Å². The minimum atomic E-state index is -0.294. The topological polar surface area (TPSA) is 52.6 Å². The number of nitrogens with zero attached hydrogens (tertiary/aromatic N) is 1. The van der Waals surface area contributed by atoms with Crippen molar-refractivity contribution in [2.45, 2.75) is 38.8 Å². The van der Waals surface area contributed by atoms with Crippen LogP contribution >= 0.6 is 11.6 Å². The van der Waals surface area contributed by atoms with Crippen LogP contribution in [0.25, 0.3) is 0 Å². The van der Waals surface area contributed by atoms with Crippen molar-refractivity contribution >= 4 is 17.6 Å². The number of amides is 2. The molecule has 2 N–H and O–H groups in total. The zero-order valence-corrected chi connectivity index (χ0v) is 13.3. The van der Waals surface area contributed by atoms with Gasteiger partial charge < -0.3 is 15.3 Å². The molecule has 2 unspecified atom stereocenters. The van der Waals surface area contributed by atoms with Crippen LogP contribution in [0.2, 0.25) is 5.02 Å². The molecule has 0 radical (unpaired) electrons. The van der Waals surface area contributed by atoms with Gasteiger partial charge in [-0.2, -0.15) is 0 Å². The molecule has 1 heterocycles. The molecule has 5 heteroatoms. The van der Waals surface area contributed by atoms with Crippen molar-refractivity contribution in [2.75, 3.05) is 13.1 Å². The Bertz CT molecular complexity index is 485. The number of halogens is 1. The highest BCUT2D eigenvalue weighted by Gasteiger charge is 2.26. The van der Waals surface area contributed by atoms with Gasteiger partial charge in [0.15, 0.2) is 0 Å². The Kier molecular flexibility index (Phi) is 5.48. The lowest BCUT2D eigenvalue weighted by molar-refractivity contribution is 0.0794. The van der Waals surface area contributed by atoms with E-state index in [-0.39, 0.29) is 18.2 Å². The summed E-state index contributed by atoms with van der Waals surface area (Å²) in [5, 5.41) is 13.2. The maximum atomic E-state index is 12.3. The number of nitrogens with one attached hydrogen (secondary N) is 1. The van der Waals surface area contributed by atoms with Gasteiger partial charge in [-0.05, 0) is 44.2 Å². The molecule has 0 spiro atoms. The molecule has 0 aliphatic carbocycles. The number of piperidine rings is 1. The summed E-state index contributed by atoms with van der Waals surface area (Å²) in [6, 6.07) is 7.35. The fourth-order valence-electron chi connectivity index (χ4n) is 2.77. The highest BCUT2D eigenvalue weighted by atomic mass is 35.5. The first-order valence-corrected chi connectivity index (χ1v) is 7.84. The van der Waals surface area contributed by atoms with Crippen LogP contribution in [0.3, 0.4) is 0 Å². The van der Waals surface area contributed by atoms with Gasteiger partial charge in [-0.25, -0.2) is 4.79 Å². The molecule has 2 amide bonds. The Balaban J connectivity index is 1.89. The Morgan fingerprint density at radius 2 is 1.95 bits per heavy atom.